The van der Waals surface area contributed by atoms with E-state index >= 15 is 0 Å². The number of amides is 2. The van der Waals surface area contributed by atoms with Crippen LogP contribution in [0.15, 0.2) is 0 Å². The molecule has 0 aliphatic heterocycles. The summed E-state index contributed by atoms with van der Waals surface area (Å²) in [7, 11) is 0. The Balaban J connectivity index is 1.70. The Bertz CT molecular complexity index is 378. The predicted octanol–water partition coefficient (Wildman–Crippen LogP) is 1.37. The number of urea groups is 1. The largest absolute Gasteiger partial charge is 0.480 e. The van der Waals surface area contributed by atoms with Crippen LogP contribution in [0.1, 0.15) is 39.5 Å². The van der Waals surface area contributed by atoms with E-state index in [0.29, 0.717) is 5.92 Å². The molecular weight excluding hydrogens is 270 g/mol. The summed E-state index contributed by atoms with van der Waals surface area (Å²) in [5, 5.41) is 11.9. The molecule has 0 radical (unpaired) electrons. The second-order valence-electron chi connectivity index (χ2n) is 6.21. The molecule has 6 heteroatoms. The van der Waals surface area contributed by atoms with Crippen molar-refractivity contribution < 1.29 is 14.7 Å². The van der Waals surface area contributed by atoms with E-state index in [-0.39, 0.29) is 24.7 Å². The van der Waals surface area contributed by atoms with E-state index in [2.05, 4.69) is 5.32 Å². The highest BCUT2D eigenvalue weighted by atomic mass is 16.4. The molecule has 2 amide bonds. The van der Waals surface area contributed by atoms with Crippen molar-refractivity contribution in [1.29, 1.82) is 0 Å². The minimum absolute atomic E-state index is 0.0362. The third kappa shape index (κ3) is 4.59. The Kier molecular flexibility index (Phi) is 5.45. The Morgan fingerprint density at radius 2 is 1.86 bits per heavy atom. The number of nitrogens with one attached hydrogen (secondary N) is 1. The molecule has 6 nitrogen and oxygen atoms in total. The normalized spacial score (nSPS) is 24.5. The first kappa shape index (κ1) is 16.1. The smallest absolute Gasteiger partial charge is 0.317 e. The third-order valence-corrected chi connectivity index (χ3v) is 4.55. The third-order valence-electron chi connectivity index (χ3n) is 4.55. The lowest BCUT2D eigenvalue weighted by atomic mass is 9.85. The molecule has 0 unspecified atom stereocenters. The van der Waals surface area contributed by atoms with Gasteiger partial charge >= 0.3 is 12.0 Å². The van der Waals surface area contributed by atoms with Gasteiger partial charge < -0.3 is 15.3 Å². The van der Waals surface area contributed by atoms with Gasteiger partial charge in [0.2, 0.25) is 0 Å². The number of carbonyl (C=O) groups is 2. The Morgan fingerprint density at radius 1 is 1.19 bits per heavy atom. The van der Waals surface area contributed by atoms with Crippen LogP contribution in [-0.4, -0.2) is 65.2 Å². The van der Waals surface area contributed by atoms with Crippen molar-refractivity contribution in [1.82, 2.24) is 15.1 Å². The Morgan fingerprint density at radius 3 is 2.33 bits per heavy atom. The zero-order chi connectivity index (χ0) is 15.4. The van der Waals surface area contributed by atoms with Crippen molar-refractivity contribution in [2.75, 3.05) is 26.2 Å². The molecule has 0 spiro atoms. The zero-order valence-electron chi connectivity index (χ0n) is 13.0. The summed E-state index contributed by atoms with van der Waals surface area (Å²) in [5.41, 5.74) is 0. The maximum atomic E-state index is 12.2. The molecule has 0 aromatic heterocycles. The predicted molar refractivity (Wildman–Crippen MR) is 80.2 cm³/mol. The van der Waals surface area contributed by atoms with Crippen molar-refractivity contribution in [2.24, 2.45) is 5.92 Å². The zero-order valence-corrected chi connectivity index (χ0v) is 13.0. The molecular formula is C15H27N3O3. The molecule has 2 N–H and O–H groups in total. The van der Waals surface area contributed by atoms with Crippen LogP contribution in [0.25, 0.3) is 0 Å². The van der Waals surface area contributed by atoms with Gasteiger partial charge in [-0.1, -0.05) is 6.92 Å². The van der Waals surface area contributed by atoms with E-state index in [1.165, 1.54) is 12.8 Å². The van der Waals surface area contributed by atoms with Crippen LogP contribution in [0.2, 0.25) is 0 Å². The maximum absolute atomic E-state index is 12.2. The molecule has 0 bridgehead atoms. The second-order valence-corrected chi connectivity index (χ2v) is 6.21. The number of carboxylic acid groups (broad SMARTS) is 1. The highest BCUT2D eigenvalue weighted by Gasteiger charge is 2.35. The molecule has 2 fully saturated rings. The summed E-state index contributed by atoms with van der Waals surface area (Å²) >= 11 is 0. The van der Waals surface area contributed by atoms with Crippen molar-refractivity contribution >= 4 is 12.0 Å². The first-order valence-electron chi connectivity index (χ1n) is 8.04. The number of hydrogen-bond donors (Lipinski definition) is 2. The SMILES string of the molecule is CCN(CC1CC1)C(=O)NC1CC(N(CC)CC(=O)O)C1. The van der Waals surface area contributed by atoms with Crippen LogP contribution in [0.4, 0.5) is 4.79 Å². The molecule has 120 valence electrons. The van der Waals surface area contributed by atoms with Crippen LogP contribution in [-0.2, 0) is 4.79 Å². The number of rotatable bonds is 8. The molecule has 0 atom stereocenters. The van der Waals surface area contributed by atoms with Gasteiger partial charge in [-0.3, -0.25) is 9.69 Å². The maximum Gasteiger partial charge on any atom is 0.317 e. The number of carbonyl (C=O) groups excluding carboxylic acids is 1. The minimum atomic E-state index is -0.786. The molecule has 2 aliphatic rings. The molecule has 2 aliphatic carbocycles. The highest BCUT2D eigenvalue weighted by molar-refractivity contribution is 5.74. The van der Waals surface area contributed by atoms with Gasteiger partial charge in [-0.15, -0.1) is 0 Å². The summed E-state index contributed by atoms with van der Waals surface area (Å²) in [4.78, 5) is 26.8. The molecule has 2 saturated carbocycles. The molecule has 0 aromatic rings. The Labute approximate surface area is 126 Å². The van der Waals surface area contributed by atoms with E-state index in [1.807, 2.05) is 23.6 Å². The highest BCUT2D eigenvalue weighted by Crippen LogP contribution is 2.30. The Hall–Kier alpha value is -1.30. The van der Waals surface area contributed by atoms with Gasteiger partial charge in [0.25, 0.3) is 0 Å². The van der Waals surface area contributed by atoms with E-state index in [0.717, 1.165) is 32.5 Å². The standard InChI is InChI=1S/C15H27N3O3/c1-3-17(10-14(19)20)13-7-12(8-13)16-15(21)18(4-2)9-11-5-6-11/h11-13H,3-10H2,1-2H3,(H,16,21)(H,19,20). The van der Waals surface area contributed by atoms with Gasteiger partial charge in [0.1, 0.15) is 0 Å². The number of hydrogen-bond acceptors (Lipinski definition) is 3. The van der Waals surface area contributed by atoms with Gasteiger partial charge in [0.05, 0.1) is 6.54 Å². The van der Waals surface area contributed by atoms with E-state index < -0.39 is 5.97 Å². The van der Waals surface area contributed by atoms with E-state index in [1.54, 1.807) is 0 Å². The number of carboxylic acids is 1. The fraction of sp³-hybridized carbons (Fsp3) is 0.867. The average Bonchev–Trinajstić information content (AvgIpc) is 3.20. The lowest BCUT2D eigenvalue weighted by Crippen LogP contribution is -2.57. The lowest BCUT2D eigenvalue weighted by Gasteiger charge is -2.42. The first-order chi connectivity index (χ1) is 10.0. The van der Waals surface area contributed by atoms with Crippen LogP contribution >= 0.6 is 0 Å². The van der Waals surface area contributed by atoms with E-state index in [9.17, 15) is 9.59 Å². The average molecular weight is 297 g/mol. The van der Waals surface area contributed by atoms with Crippen molar-refractivity contribution in [3.8, 4) is 0 Å². The van der Waals surface area contributed by atoms with Gasteiger partial charge in [0.15, 0.2) is 0 Å². The minimum Gasteiger partial charge on any atom is -0.480 e. The van der Waals surface area contributed by atoms with Gasteiger partial charge in [0, 0.05) is 25.2 Å². The molecule has 0 heterocycles. The monoisotopic (exact) mass is 297 g/mol. The number of aliphatic carboxylic acids is 1. The number of likely N-dealkylation sites (N-methyl/N-ethyl adjacent to an activating group) is 1. The van der Waals surface area contributed by atoms with Crippen LogP contribution in [0, 0.1) is 5.92 Å². The van der Waals surface area contributed by atoms with Gasteiger partial charge in [-0.2, -0.15) is 0 Å². The van der Waals surface area contributed by atoms with Crippen molar-refractivity contribution in [2.45, 2.75) is 51.6 Å². The fourth-order valence-corrected chi connectivity index (χ4v) is 2.91. The first-order valence-corrected chi connectivity index (χ1v) is 8.04. The lowest BCUT2D eigenvalue weighted by molar-refractivity contribution is -0.139. The second kappa shape index (κ2) is 7.11. The summed E-state index contributed by atoms with van der Waals surface area (Å²) in [6, 6.07) is 0.516. The van der Waals surface area contributed by atoms with Gasteiger partial charge in [-0.05, 0) is 45.1 Å². The molecule has 0 aromatic carbocycles. The van der Waals surface area contributed by atoms with Crippen LogP contribution < -0.4 is 5.32 Å². The summed E-state index contributed by atoms with van der Waals surface area (Å²) in [6.45, 7) is 6.43. The summed E-state index contributed by atoms with van der Waals surface area (Å²) in [5.74, 6) is -0.0816. The summed E-state index contributed by atoms with van der Waals surface area (Å²) in [6.07, 6.45) is 4.20. The van der Waals surface area contributed by atoms with Crippen molar-refractivity contribution in [3.63, 3.8) is 0 Å². The molecule has 0 saturated heterocycles. The van der Waals surface area contributed by atoms with E-state index in [4.69, 9.17) is 5.11 Å². The summed E-state index contributed by atoms with van der Waals surface area (Å²) < 4.78 is 0. The molecule has 2 rings (SSSR count). The van der Waals surface area contributed by atoms with Crippen molar-refractivity contribution in [3.05, 3.63) is 0 Å². The number of nitrogens with zero attached hydrogens (tertiary/aromatic N) is 2. The fourth-order valence-electron chi connectivity index (χ4n) is 2.91. The quantitative estimate of drug-likeness (QED) is 0.709. The van der Waals surface area contributed by atoms with Crippen LogP contribution in [0.5, 0.6) is 0 Å². The topological polar surface area (TPSA) is 72.9 Å². The van der Waals surface area contributed by atoms with Crippen LogP contribution in [0.3, 0.4) is 0 Å². The van der Waals surface area contributed by atoms with Gasteiger partial charge in [-0.25, -0.2) is 4.79 Å². The molecule has 21 heavy (non-hydrogen) atoms.